The van der Waals surface area contributed by atoms with Crippen molar-refractivity contribution in [3.63, 3.8) is 0 Å². The molecule has 8 nitrogen and oxygen atoms in total. The number of nitrogens with one attached hydrogen (secondary N) is 1. The minimum Gasteiger partial charge on any atom is -0.374 e. The Kier molecular flexibility index (Phi) is 6.41. The lowest BCUT2D eigenvalue weighted by atomic mass is 10.1. The molecule has 0 bridgehead atoms. The summed E-state index contributed by atoms with van der Waals surface area (Å²) >= 11 is 2.64. The van der Waals surface area contributed by atoms with Crippen LogP contribution in [-0.4, -0.2) is 75.8 Å². The molecule has 1 aliphatic heterocycles. The molecule has 1 aromatic heterocycles. The Balaban J connectivity index is 1.70. The zero-order chi connectivity index (χ0) is 17.7. The number of piperazine rings is 1. The number of carbonyl (C=O) groups excluding carboxylic acids is 2. The van der Waals surface area contributed by atoms with Crippen LogP contribution in [0.5, 0.6) is 0 Å². The van der Waals surface area contributed by atoms with Crippen LogP contribution in [0.4, 0.5) is 5.13 Å². The number of rotatable bonds is 5. The Morgan fingerprint density at radius 3 is 2.46 bits per heavy atom. The van der Waals surface area contributed by atoms with Gasteiger partial charge in [-0.3, -0.25) is 14.5 Å². The van der Waals surface area contributed by atoms with Crippen molar-refractivity contribution in [1.29, 1.82) is 0 Å². The minimum atomic E-state index is -0.222. The second-order valence-electron chi connectivity index (χ2n) is 6.65. The molecule has 0 saturated carbocycles. The van der Waals surface area contributed by atoms with E-state index in [-0.39, 0.29) is 17.4 Å². The van der Waals surface area contributed by atoms with Crippen LogP contribution in [-0.2, 0) is 9.59 Å². The van der Waals surface area contributed by atoms with Crippen molar-refractivity contribution in [2.45, 2.75) is 30.6 Å². The van der Waals surface area contributed by atoms with Gasteiger partial charge in [0.25, 0.3) is 0 Å². The SMILES string of the molecule is CC(C)(C)NC(=O)CN1CCN(C(=O)CSc2nnc(N)s2)CC1. The highest BCUT2D eigenvalue weighted by atomic mass is 32.2. The summed E-state index contributed by atoms with van der Waals surface area (Å²) in [6, 6.07) is 0. The summed E-state index contributed by atoms with van der Waals surface area (Å²) in [5.41, 5.74) is 5.30. The third-order valence-electron chi connectivity index (χ3n) is 3.35. The molecule has 0 atom stereocenters. The Bertz CT molecular complexity index is 578. The topological polar surface area (TPSA) is 104 Å². The van der Waals surface area contributed by atoms with Gasteiger partial charge in [0.2, 0.25) is 16.9 Å². The maximum atomic E-state index is 12.2. The second kappa shape index (κ2) is 8.13. The predicted molar refractivity (Wildman–Crippen MR) is 96.0 cm³/mol. The third kappa shape index (κ3) is 6.25. The van der Waals surface area contributed by atoms with E-state index in [1.807, 2.05) is 25.7 Å². The van der Waals surface area contributed by atoms with Gasteiger partial charge in [0.1, 0.15) is 0 Å². The Hall–Kier alpha value is -1.39. The maximum absolute atomic E-state index is 12.2. The van der Waals surface area contributed by atoms with E-state index in [0.29, 0.717) is 47.9 Å². The molecule has 0 aliphatic carbocycles. The molecule has 2 amide bonds. The van der Waals surface area contributed by atoms with Crippen LogP contribution >= 0.6 is 23.1 Å². The summed E-state index contributed by atoms with van der Waals surface area (Å²) in [5, 5.41) is 11.0. The molecular formula is C14H24N6O2S2. The Morgan fingerprint density at radius 1 is 1.25 bits per heavy atom. The van der Waals surface area contributed by atoms with E-state index >= 15 is 0 Å². The first kappa shape index (κ1) is 18.9. The molecule has 2 heterocycles. The summed E-state index contributed by atoms with van der Waals surface area (Å²) in [7, 11) is 0. The minimum absolute atomic E-state index is 0.0201. The molecule has 1 aromatic rings. The molecule has 0 spiro atoms. The van der Waals surface area contributed by atoms with Gasteiger partial charge in [-0.1, -0.05) is 23.1 Å². The molecule has 1 saturated heterocycles. The number of hydrogen-bond acceptors (Lipinski definition) is 8. The van der Waals surface area contributed by atoms with Crippen molar-refractivity contribution in [2.24, 2.45) is 0 Å². The van der Waals surface area contributed by atoms with Gasteiger partial charge in [0.05, 0.1) is 12.3 Å². The standard InChI is InChI=1S/C14H24N6O2S2/c1-14(2,3)16-10(21)8-19-4-6-20(7-5-19)11(22)9-23-13-18-17-12(15)24-13/h4-9H2,1-3H3,(H2,15,17)(H,16,21). The van der Waals surface area contributed by atoms with Crippen LogP contribution in [0.1, 0.15) is 20.8 Å². The van der Waals surface area contributed by atoms with Gasteiger partial charge in [-0.05, 0) is 20.8 Å². The molecule has 1 aliphatic rings. The highest BCUT2D eigenvalue weighted by Gasteiger charge is 2.23. The first-order chi connectivity index (χ1) is 11.2. The summed E-state index contributed by atoms with van der Waals surface area (Å²) in [6.45, 7) is 8.96. The van der Waals surface area contributed by atoms with Gasteiger partial charge in [0, 0.05) is 31.7 Å². The number of nitrogens with two attached hydrogens (primary N) is 1. The van der Waals surface area contributed by atoms with Gasteiger partial charge in [-0.15, -0.1) is 10.2 Å². The molecule has 1 fully saturated rings. The highest BCUT2D eigenvalue weighted by Crippen LogP contribution is 2.23. The molecule has 134 valence electrons. The fourth-order valence-electron chi connectivity index (χ4n) is 2.31. The Labute approximate surface area is 150 Å². The first-order valence-corrected chi connectivity index (χ1v) is 9.56. The number of amides is 2. The van der Waals surface area contributed by atoms with E-state index in [2.05, 4.69) is 20.4 Å². The van der Waals surface area contributed by atoms with E-state index in [1.54, 1.807) is 0 Å². The van der Waals surface area contributed by atoms with Gasteiger partial charge in [-0.25, -0.2) is 0 Å². The van der Waals surface area contributed by atoms with Gasteiger partial charge in [0.15, 0.2) is 4.34 Å². The molecular weight excluding hydrogens is 348 g/mol. The largest absolute Gasteiger partial charge is 0.374 e. The van der Waals surface area contributed by atoms with Crippen molar-refractivity contribution < 1.29 is 9.59 Å². The average Bonchev–Trinajstić information content (AvgIpc) is 2.89. The van der Waals surface area contributed by atoms with Crippen LogP contribution < -0.4 is 11.1 Å². The van der Waals surface area contributed by atoms with E-state index in [4.69, 9.17) is 5.73 Å². The molecule has 0 aromatic carbocycles. The van der Waals surface area contributed by atoms with Gasteiger partial charge in [-0.2, -0.15) is 0 Å². The Morgan fingerprint density at radius 2 is 1.92 bits per heavy atom. The average molecular weight is 373 g/mol. The molecule has 0 radical (unpaired) electrons. The summed E-state index contributed by atoms with van der Waals surface area (Å²) in [6.07, 6.45) is 0. The van der Waals surface area contributed by atoms with Crippen LogP contribution in [0.25, 0.3) is 0 Å². The number of nitrogens with zero attached hydrogens (tertiary/aromatic N) is 4. The normalized spacial score (nSPS) is 16.2. The third-order valence-corrected chi connectivity index (χ3v) is 5.22. The molecule has 10 heteroatoms. The zero-order valence-electron chi connectivity index (χ0n) is 14.2. The lowest BCUT2D eigenvalue weighted by molar-refractivity contribution is -0.130. The maximum Gasteiger partial charge on any atom is 0.234 e. The quantitative estimate of drug-likeness (QED) is 0.715. The number of aromatic nitrogens is 2. The monoisotopic (exact) mass is 372 g/mol. The number of thioether (sulfide) groups is 1. The summed E-state index contributed by atoms with van der Waals surface area (Å²) < 4.78 is 0.707. The second-order valence-corrected chi connectivity index (χ2v) is 8.88. The zero-order valence-corrected chi connectivity index (χ0v) is 15.9. The van der Waals surface area contributed by atoms with Crippen molar-refractivity contribution >= 4 is 40.0 Å². The van der Waals surface area contributed by atoms with E-state index in [9.17, 15) is 9.59 Å². The van der Waals surface area contributed by atoms with Crippen LogP contribution in [0, 0.1) is 0 Å². The number of anilines is 1. The number of nitrogen functional groups attached to an aromatic ring is 1. The number of hydrogen-bond donors (Lipinski definition) is 2. The van der Waals surface area contributed by atoms with E-state index in [1.165, 1.54) is 23.1 Å². The van der Waals surface area contributed by atoms with Crippen LogP contribution in [0.2, 0.25) is 0 Å². The van der Waals surface area contributed by atoms with Crippen molar-refractivity contribution in [2.75, 3.05) is 44.2 Å². The van der Waals surface area contributed by atoms with Gasteiger partial charge < -0.3 is 16.0 Å². The van der Waals surface area contributed by atoms with Crippen molar-refractivity contribution in [1.82, 2.24) is 25.3 Å². The van der Waals surface area contributed by atoms with E-state index in [0.717, 1.165) is 0 Å². The van der Waals surface area contributed by atoms with Crippen molar-refractivity contribution in [3.8, 4) is 0 Å². The van der Waals surface area contributed by atoms with Crippen molar-refractivity contribution in [3.05, 3.63) is 0 Å². The number of carbonyl (C=O) groups is 2. The summed E-state index contributed by atoms with van der Waals surface area (Å²) in [5.74, 6) is 0.429. The molecule has 2 rings (SSSR count). The fourth-order valence-corrected chi connectivity index (χ4v) is 3.85. The highest BCUT2D eigenvalue weighted by molar-refractivity contribution is 8.01. The summed E-state index contributed by atoms with van der Waals surface area (Å²) in [4.78, 5) is 28.1. The van der Waals surface area contributed by atoms with E-state index < -0.39 is 0 Å². The fraction of sp³-hybridized carbons (Fsp3) is 0.714. The molecule has 24 heavy (non-hydrogen) atoms. The van der Waals surface area contributed by atoms with Crippen LogP contribution in [0.3, 0.4) is 0 Å². The first-order valence-electron chi connectivity index (χ1n) is 7.76. The lowest BCUT2D eigenvalue weighted by Crippen LogP contribution is -2.53. The lowest BCUT2D eigenvalue weighted by Gasteiger charge is -2.34. The molecule has 3 N–H and O–H groups in total. The molecule has 0 unspecified atom stereocenters. The van der Waals surface area contributed by atoms with Gasteiger partial charge >= 0.3 is 0 Å². The smallest absolute Gasteiger partial charge is 0.234 e. The van der Waals surface area contributed by atoms with Crippen LogP contribution in [0.15, 0.2) is 4.34 Å². The predicted octanol–water partition coefficient (Wildman–Crippen LogP) is 0.271.